The molecule has 3 rings (SSSR count). The van der Waals surface area contributed by atoms with Crippen LogP contribution >= 0.6 is 0 Å². The Kier molecular flexibility index (Phi) is 8.90. The molecule has 0 saturated carbocycles. The van der Waals surface area contributed by atoms with Gasteiger partial charge in [-0.05, 0) is 23.8 Å². The van der Waals surface area contributed by atoms with Crippen LogP contribution in [0.25, 0.3) is 6.08 Å². The van der Waals surface area contributed by atoms with Gasteiger partial charge in [0, 0.05) is 40.6 Å². The van der Waals surface area contributed by atoms with Crippen molar-refractivity contribution in [2.75, 3.05) is 55.6 Å². The molecule has 33 heavy (non-hydrogen) atoms. The molecule has 178 valence electrons. The highest BCUT2D eigenvalue weighted by atomic mass is 16.7. The van der Waals surface area contributed by atoms with Crippen molar-refractivity contribution in [3.05, 3.63) is 47.2 Å². The second kappa shape index (κ2) is 12.1. The van der Waals surface area contributed by atoms with Crippen LogP contribution in [-0.2, 0) is 18.9 Å². The Morgan fingerprint density at radius 1 is 0.727 bits per heavy atom. The molecule has 0 unspecified atom stereocenters. The molecule has 10 nitrogen and oxygen atoms in total. The lowest BCUT2D eigenvalue weighted by Gasteiger charge is -2.12. The van der Waals surface area contributed by atoms with E-state index in [0.29, 0.717) is 28.6 Å². The van der Waals surface area contributed by atoms with Gasteiger partial charge in [-0.25, -0.2) is 0 Å². The summed E-state index contributed by atoms with van der Waals surface area (Å²) >= 11 is 0. The van der Waals surface area contributed by atoms with E-state index in [2.05, 4.69) is 0 Å². The Morgan fingerprint density at radius 2 is 1.33 bits per heavy atom. The summed E-state index contributed by atoms with van der Waals surface area (Å²) in [6.07, 6.45) is 1.60. The van der Waals surface area contributed by atoms with Gasteiger partial charge in [-0.3, -0.25) is 4.79 Å². The Balaban J connectivity index is 1.91. The molecule has 0 radical (unpaired) electrons. The molecule has 1 heterocycles. The number of rotatable bonds is 13. The first kappa shape index (κ1) is 24.3. The SMILES string of the molecule is COCOc1cc(OCOC)c2c(c1)O/C(=C\c1ccc(OCOC)c(OCOC)c1)C2=O. The summed E-state index contributed by atoms with van der Waals surface area (Å²) in [5.74, 6) is 1.67. The van der Waals surface area contributed by atoms with Gasteiger partial charge in [-0.2, -0.15) is 0 Å². The number of carbonyl (C=O) groups excluding carboxylic acids is 1. The fourth-order valence-electron chi connectivity index (χ4n) is 2.94. The number of methoxy groups -OCH3 is 4. The maximum absolute atomic E-state index is 13.1. The zero-order valence-corrected chi connectivity index (χ0v) is 18.9. The topological polar surface area (TPSA) is 100 Å². The molecule has 2 aromatic rings. The third-order valence-electron chi connectivity index (χ3n) is 4.32. The molecule has 0 atom stereocenters. The number of benzene rings is 2. The standard InChI is InChI=1S/C23H26O10/c1-25-11-29-16-9-19(32-14-28-4)22-20(10-16)33-21(23(22)24)8-15-5-6-17(30-12-26-2)18(7-15)31-13-27-3/h5-10H,11-14H2,1-4H3/b21-8-. The maximum atomic E-state index is 13.1. The van der Waals surface area contributed by atoms with Crippen LogP contribution < -0.4 is 23.7 Å². The first-order chi connectivity index (χ1) is 16.1. The van der Waals surface area contributed by atoms with Crippen LogP contribution in [0.5, 0.6) is 28.7 Å². The number of hydrogen-bond donors (Lipinski definition) is 0. The number of ether oxygens (including phenoxy) is 9. The second-order valence-electron chi connectivity index (χ2n) is 6.64. The maximum Gasteiger partial charge on any atom is 0.235 e. The average molecular weight is 462 g/mol. The van der Waals surface area contributed by atoms with Crippen LogP contribution in [0.1, 0.15) is 15.9 Å². The summed E-state index contributed by atoms with van der Waals surface area (Å²) < 4.78 is 47.8. The van der Waals surface area contributed by atoms with Crippen LogP contribution in [0.3, 0.4) is 0 Å². The lowest BCUT2D eigenvalue weighted by Crippen LogP contribution is -2.06. The molecular formula is C23H26O10. The van der Waals surface area contributed by atoms with Crippen molar-refractivity contribution in [3.63, 3.8) is 0 Å². The molecule has 0 bridgehead atoms. The fraction of sp³-hybridized carbons (Fsp3) is 0.348. The normalized spacial score (nSPS) is 13.6. The van der Waals surface area contributed by atoms with E-state index < -0.39 is 0 Å². The average Bonchev–Trinajstić information content (AvgIpc) is 3.14. The van der Waals surface area contributed by atoms with Gasteiger partial charge in [0.15, 0.2) is 44.4 Å². The summed E-state index contributed by atoms with van der Waals surface area (Å²) in [7, 11) is 6.02. The predicted molar refractivity (Wildman–Crippen MR) is 116 cm³/mol. The van der Waals surface area contributed by atoms with E-state index in [0.717, 1.165) is 0 Å². The highest BCUT2D eigenvalue weighted by Gasteiger charge is 2.32. The summed E-state index contributed by atoms with van der Waals surface area (Å²) in [6.45, 7) is 0.0591. The number of ketones is 1. The molecule has 1 aliphatic heterocycles. The molecule has 10 heteroatoms. The fourth-order valence-corrected chi connectivity index (χ4v) is 2.94. The van der Waals surface area contributed by atoms with Crippen molar-refractivity contribution < 1.29 is 47.4 Å². The number of fused-ring (bicyclic) bond motifs is 1. The molecule has 1 aliphatic rings. The van der Waals surface area contributed by atoms with Crippen LogP contribution in [0, 0.1) is 0 Å². The van der Waals surface area contributed by atoms with Crippen molar-refractivity contribution in [1.29, 1.82) is 0 Å². The van der Waals surface area contributed by atoms with E-state index in [1.807, 2.05) is 0 Å². The van der Waals surface area contributed by atoms with Gasteiger partial charge in [0.1, 0.15) is 22.8 Å². The van der Waals surface area contributed by atoms with Crippen molar-refractivity contribution in [3.8, 4) is 28.7 Å². The highest BCUT2D eigenvalue weighted by molar-refractivity contribution is 6.16. The molecule has 0 N–H and O–H groups in total. The third-order valence-corrected chi connectivity index (χ3v) is 4.32. The zero-order valence-electron chi connectivity index (χ0n) is 18.9. The number of Topliss-reactive ketones (excluding diaryl/α,β-unsaturated/α-hetero) is 1. The van der Waals surface area contributed by atoms with Crippen LogP contribution in [0.15, 0.2) is 36.1 Å². The molecule has 0 fully saturated rings. The minimum Gasteiger partial charge on any atom is -0.467 e. The summed E-state index contributed by atoms with van der Waals surface area (Å²) in [5.41, 5.74) is 0.927. The number of hydrogen-bond acceptors (Lipinski definition) is 10. The predicted octanol–water partition coefficient (Wildman–Crippen LogP) is 3.23. The molecular weight excluding hydrogens is 436 g/mol. The van der Waals surface area contributed by atoms with Gasteiger partial charge in [-0.1, -0.05) is 6.07 Å². The molecule has 0 aliphatic carbocycles. The number of carbonyl (C=O) groups is 1. The Hall–Kier alpha value is -3.31. The minimum atomic E-state index is -0.339. The first-order valence-electron chi connectivity index (χ1n) is 9.84. The Bertz CT molecular complexity index is 985. The van der Waals surface area contributed by atoms with E-state index in [-0.39, 0.29) is 50.0 Å². The molecule has 0 spiro atoms. The van der Waals surface area contributed by atoms with Crippen LogP contribution in [0.4, 0.5) is 0 Å². The van der Waals surface area contributed by atoms with Crippen molar-refractivity contribution >= 4 is 11.9 Å². The van der Waals surface area contributed by atoms with E-state index in [1.54, 1.807) is 36.4 Å². The van der Waals surface area contributed by atoms with Gasteiger partial charge < -0.3 is 42.6 Å². The highest BCUT2D eigenvalue weighted by Crippen LogP contribution is 2.42. The second-order valence-corrected chi connectivity index (χ2v) is 6.64. The molecule has 0 saturated heterocycles. The van der Waals surface area contributed by atoms with Crippen LogP contribution in [-0.4, -0.2) is 61.4 Å². The van der Waals surface area contributed by atoms with Gasteiger partial charge in [0.25, 0.3) is 0 Å². The van der Waals surface area contributed by atoms with Crippen molar-refractivity contribution in [1.82, 2.24) is 0 Å². The van der Waals surface area contributed by atoms with Gasteiger partial charge in [0.05, 0.1) is 0 Å². The zero-order chi connectivity index (χ0) is 23.6. The smallest absolute Gasteiger partial charge is 0.235 e. The summed E-state index contributed by atoms with van der Waals surface area (Å²) in [6, 6.07) is 8.34. The van der Waals surface area contributed by atoms with E-state index in [4.69, 9.17) is 42.6 Å². The quantitative estimate of drug-likeness (QED) is 0.326. The summed E-state index contributed by atoms with van der Waals surface area (Å²) in [4.78, 5) is 13.1. The van der Waals surface area contributed by atoms with E-state index >= 15 is 0 Å². The van der Waals surface area contributed by atoms with Gasteiger partial charge in [0.2, 0.25) is 5.78 Å². The summed E-state index contributed by atoms with van der Waals surface area (Å²) in [5, 5.41) is 0. The number of allylic oxidation sites excluding steroid dienone is 1. The van der Waals surface area contributed by atoms with Crippen molar-refractivity contribution in [2.45, 2.75) is 0 Å². The largest absolute Gasteiger partial charge is 0.467 e. The first-order valence-corrected chi connectivity index (χ1v) is 9.84. The lowest BCUT2D eigenvalue weighted by atomic mass is 10.1. The molecule has 0 aromatic heterocycles. The Labute approximate surface area is 191 Å². The van der Waals surface area contributed by atoms with Gasteiger partial charge >= 0.3 is 0 Å². The Morgan fingerprint density at radius 3 is 2.00 bits per heavy atom. The van der Waals surface area contributed by atoms with E-state index in [9.17, 15) is 4.79 Å². The van der Waals surface area contributed by atoms with E-state index in [1.165, 1.54) is 28.4 Å². The molecule has 0 amide bonds. The molecule has 2 aromatic carbocycles. The lowest BCUT2D eigenvalue weighted by molar-refractivity contribution is 0.0322. The minimum absolute atomic E-state index is 0.0225. The van der Waals surface area contributed by atoms with Gasteiger partial charge in [-0.15, -0.1) is 0 Å². The third kappa shape index (κ3) is 6.14. The monoisotopic (exact) mass is 462 g/mol. The van der Waals surface area contributed by atoms with Crippen molar-refractivity contribution in [2.24, 2.45) is 0 Å². The van der Waals surface area contributed by atoms with Crippen LogP contribution in [0.2, 0.25) is 0 Å².